The van der Waals surface area contributed by atoms with Gasteiger partial charge >= 0.3 is 0 Å². The fourth-order valence-corrected chi connectivity index (χ4v) is 2.75. The Balaban J connectivity index is 1.63. The van der Waals surface area contributed by atoms with E-state index in [0.717, 1.165) is 17.3 Å². The van der Waals surface area contributed by atoms with Gasteiger partial charge in [0.15, 0.2) is 0 Å². The number of benzene rings is 1. The first-order valence-electron chi connectivity index (χ1n) is 6.21. The van der Waals surface area contributed by atoms with Gasteiger partial charge in [-0.25, -0.2) is 0 Å². The molecule has 2 aromatic heterocycles. The van der Waals surface area contributed by atoms with Gasteiger partial charge in [0.25, 0.3) is 5.91 Å². The largest absolute Gasteiger partial charge is 0.361 e. The number of nitrogens with one attached hydrogen (secondary N) is 2. The van der Waals surface area contributed by atoms with Crippen LogP contribution in [0.5, 0.6) is 0 Å². The molecule has 0 aliphatic rings. The van der Waals surface area contributed by atoms with Crippen molar-refractivity contribution in [2.45, 2.75) is 6.42 Å². The lowest BCUT2D eigenvalue weighted by atomic mass is 10.1. The van der Waals surface area contributed by atoms with Gasteiger partial charge in [0.1, 0.15) is 0 Å². The zero-order valence-corrected chi connectivity index (χ0v) is 11.2. The number of thiophene rings is 1. The van der Waals surface area contributed by atoms with E-state index in [9.17, 15) is 4.79 Å². The number of H-pyrrole nitrogens is 1. The van der Waals surface area contributed by atoms with Gasteiger partial charge in [-0.1, -0.05) is 12.1 Å². The minimum atomic E-state index is -0.0203. The summed E-state index contributed by atoms with van der Waals surface area (Å²) in [5.74, 6) is -0.0203. The van der Waals surface area contributed by atoms with Gasteiger partial charge in [0, 0.05) is 28.7 Å². The van der Waals surface area contributed by atoms with Gasteiger partial charge in [-0.15, -0.1) is 11.3 Å². The van der Waals surface area contributed by atoms with E-state index in [4.69, 9.17) is 0 Å². The first-order chi connectivity index (χ1) is 9.33. The number of aromatic amines is 1. The van der Waals surface area contributed by atoms with E-state index in [0.29, 0.717) is 12.1 Å². The minimum Gasteiger partial charge on any atom is -0.361 e. The lowest BCUT2D eigenvalue weighted by molar-refractivity contribution is 0.0954. The average molecular weight is 270 g/mol. The third-order valence-corrected chi connectivity index (χ3v) is 3.99. The highest BCUT2D eigenvalue weighted by Crippen LogP contribution is 2.14. The molecule has 19 heavy (non-hydrogen) atoms. The van der Waals surface area contributed by atoms with Crippen LogP contribution in [0.2, 0.25) is 0 Å². The maximum absolute atomic E-state index is 12.0. The summed E-state index contributed by atoms with van der Waals surface area (Å²) >= 11 is 1.72. The van der Waals surface area contributed by atoms with Crippen LogP contribution in [0.3, 0.4) is 0 Å². The smallest absolute Gasteiger partial charge is 0.251 e. The predicted octanol–water partition coefficient (Wildman–Crippen LogP) is 3.20. The molecule has 3 rings (SSSR count). The van der Waals surface area contributed by atoms with Crippen LogP contribution in [-0.2, 0) is 6.42 Å². The van der Waals surface area contributed by atoms with Crippen molar-refractivity contribution in [1.82, 2.24) is 10.3 Å². The molecule has 0 radical (unpaired) electrons. The number of fused-ring (bicyclic) bond motifs is 1. The minimum absolute atomic E-state index is 0.0203. The summed E-state index contributed by atoms with van der Waals surface area (Å²) in [6.45, 7) is 0.669. The molecule has 0 saturated carbocycles. The van der Waals surface area contributed by atoms with E-state index in [1.807, 2.05) is 36.5 Å². The third-order valence-electron chi connectivity index (χ3n) is 3.05. The molecule has 96 valence electrons. The molecule has 0 aliphatic heterocycles. The SMILES string of the molecule is O=C(NCCc1cccs1)c1ccc2cc[nH]c2c1. The number of rotatable bonds is 4. The number of amides is 1. The summed E-state index contributed by atoms with van der Waals surface area (Å²) in [7, 11) is 0. The molecule has 3 nitrogen and oxygen atoms in total. The van der Waals surface area contributed by atoms with Gasteiger partial charge in [-0.2, -0.15) is 0 Å². The Hall–Kier alpha value is -2.07. The molecule has 0 saturated heterocycles. The second-order valence-electron chi connectivity index (χ2n) is 4.36. The Kier molecular flexibility index (Phi) is 3.33. The molecule has 2 N–H and O–H groups in total. The third kappa shape index (κ3) is 2.69. The summed E-state index contributed by atoms with van der Waals surface area (Å²) in [5, 5.41) is 6.12. The number of carbonyl (C=O) groups excluding carboxylic acids is 1. The summed E-state index contributed by atoms with van der Waals surface area (Å²) in [6.07, 6.45) is 2.76. The van der Waals surface area contributed by atoms with Crippen molar-refractivity contribution >= 4 is 28.1 Å². The molecule has 0 bridgehead atoms. The molecule has 1 aromatic carbocycles. The monoisotopic (exact) mass is 270 g/mol. The van der Waals surface area contributed by atoms with Crippen LogP contribution in [0.1, 0.15) is 15.2 Å². The van der Waals surface area contributed by atoms with E-state index in [-0.39, 0.29) is 5.91 Å². The van der Waals surface area contributed by atoms with Crippen molar-refractivity contribution in [2.75, 3.05) is 6.54 Å². The Morgan fingerprint density at radius 2 is 2.21 bits per heavy atom. The van der Waals surface area contributed by atoms with Crippen LogP contribution in [0.15, 0.2) is 48.0 Å². The zero-order chi connectivity index (χ0) is 13.1. The molecule has 0 fully saturated rings. The highest BCUT2D eigenvalue weighted by atomic mass is 32.1. The first-order valence-corrected chi connectivity index (χ1v) is 7.08. The van der Waals surface area contributed by atoms with Crippen LogP contribution >= 0.6 is 11.3 Å². The average Bonchev–Trinajstić information content (AvgIpc) is 3.08. The zero-order valence-electron chi connectivity index (χ0n) is 10.3. The fourth-order valence-electron chi connectivity index (χ4n) is 2.05. The first kappa shape index (κ1) is 12.0. The standard InChI is InChI=1S/C15H14N2OS/c18-15(17-8-6-13-2-1-9-19-13)12-4-3-11-5-7-16-14(11)10-12/h1-5,7,9-10,16H,6,8H2,(H,17,18). The van der Waals surface area contributed by atoms with E-state index in [1.54, 1.807) is 11.3 Å². The van der Waals surface area contributed by atoms with Crippen molar-refractivity contribution in [1.29, 1.82) is 0 Å². The maximum Gasteiger partial charge on any atom is 0.251 e. The Labute approximate surface area is 115 Å². The molecule has 0 unspecified atom stereocenters. The molecular weight excluding hydrogens is 256 g/mol. The summed E-state index contributed by atoms with van der Waals surface area (Å²) in [5.41, 5.74) is 1.69. The van der Waals surface area contributed by atoms with Crippen LogP contribution < -0.4 is 5.32 Å². The molecule has 0 atom stereocenters. The molecular formula is C15H14N2OS. The van der Waals surface area contributed by atoms with Crippen LogP contribution in [0.25, 0.3) is 10.9 Å². The van der Waals surface area contributed by atoms with Crippen molar-refractivity contribution < 1.29 is 4.79 Å². The number of carbonyl (C=O) groups is 1. The van der Waals surface area contributed by atoms with Gasteiger partial charge in [-0.05, 0) is 41.5 Å². The lowest BCUT2D eigenvalue weighted by Crippen LogP contribution is -2.25. The van der Waals surface area contributed by atoms with E-state index < -0.39 is 0 Å². The molecule has 2 heterocycles. The van der Waals surface area contributed by atoms with Gasteiger partial charge in [-0.3, -0.25) is 4.79 Å². The molecule has 0 aliphatic carbocycles. The van der Waals surface area contributed by atoms with E-state index >= 15 is 0 Å². The summed E-state index contributed by atoms with van der Waals surface area (Å²) < 4.78 is 0. The predicted molar refractivity (Wildman–Crippen MR) is 78.7 cm³/mol. The second kappa shape index (κ2) is 5.28. The molecule has 0 spiro atoms. The van der Waals surface area contributed by atoms with Crippen LogP contribution in [0, 0.1) is 0 Å². The quantitative estimate of drug-likeness (QED) is 0.751. The van der Waals surface area contributed by atoms with Crippen molar-refractivity contribution in [3.05, 3.63) is 58.4 Å². The maximum atomic E-state index is 12.0. The Bertz CT molecular complexity index is 685. The van der Waals surface area contributed by atoms with E-state index in [1.165, 1.54) is 4.88 Å². The van der Waals surface area contributed by atoms with Crippen LogP contribution in [-0.4, -0.2) is 17.4 Å². The van der Waals surface area contributed by atoms with Crippen molar-refractivity contribution in [2.24, 2.45) is 0 Å². The summed E-state index contributed by atoms with van der Waals surface area (Å²) in [6, 6.07) is 11.8. The fraction of sp³-hybridized carbons (Fsp3) is 0.133. The Morgan fingerprint density at radius 1 is 1.26 bits per heavy atom. The number of hydrogen-bond donors (Lipinski definition) is 2. The molecule has 1 amide bonds. The van der Waals surface area contributed by atoms with Gasteiger partial charge in [0.05, 0.1) is 0 Å². The second-order valence-corrected chi connectivity index (χ2v) is 5.40. The lowest BCUT2D eigenvalue weighted by Gasteiger charge is -2.04. The Morgan fingerprint density at radius 3 is 3.05 bits per heavy atom. The molecule has 4 heteroatoms. The highest BCUT2D eigenvalue weighted by molar-refractivity contribution is 7.09. The highest BCUT2D eigenvalue weighted by Gasteiger charge is 2.06. The molecule has 3 aromatic rings. The normalized spacial score (nSPS) is 10.7. The summed E-state index contributed by atoms with van der Waals surface area (Å²) in [4.78, 5) is 16.4. The number of hydrogen-bond acceptors (Lipinski definition) is 2. The van der Waals surface area contributed by atoms with E-state index in [2.05, 4.69) is 21.7 Å². The van der Waals surface area contributed by atoms with Crippen molar-refractivity contribution in [3.8, 4) is 0 Å². The topological polar surface area (TPSA) is 44.9 Å². The van der Waals surface area contributed by atoms with Crippen molar-refractivity contribution in [3.63, 3.8) is 0 Å². The van der Waals surface area contributed by atoms with Gasteiger partial charge < -0.3 is 10.3 Å². The number of aromatic nitrogens is 1. The van der Waals surface area contributed by atoms with Crippen LogP contribution in [0.4, 0.5) is 0 Å². The van der Waals surface area contributed by atoms with Gasteiger partial charge in [0.2, 0.25) is 0 Å².